The number of methoxy groups -OCH3 is 1. The normalized spacial score (nSPS) is 22.4. The van der Waals surface area contributed by atoms with E-state index in [0.717, 1.165) is 19.3 Å². The Balaban J connectivity index is 2.69. The van der Waals surface area contributed by atoms with E-state index in [9.17, 15) is 0 Å². The average Bonchev–Trinajstić information content (AvgIpc) is 2.93. The third-order valence-electron chi connectivity index (χ3n) is 5.08. The Morgan fingerprint density at radius 1 is 1.26 bits per heavy atom. The van der Waals surface area contributed by atoms with Crippen molar-refractivity contribution in [3.05, 3.63) is 0 Å². The molecule has 114 valence electrons. The molecule has 1 heterocycles. The molecule has 0 radical (unpaired) electrons. The molecule has 1 aliphatic heterocycles. The summed E-state index contributed by atoms with van der Waals surface area (Å²) in [5.74, 6) is 5.86. The lowest BCUT2D eigenvalue weighted by Gasteiger charge is -2.45. The molecule has 0 spiro atoms. The zero-order valence-corrected chi connectivity index (χ0v) is 13.5. The van der Waals surface area contributed by atoms with Gasteiger partial charge < -0.3 is 4.74 Å². The quantitative estimate of drug-likeness (QED) is 0.525. The van der Waals surface area contributed by atoms with Gasteiger partial charge in [0.2, 0.25) is 0 Å². The summed E-state index contributed by atoms with van der Waals surface area (Å²) in [7, 11) is 1.78. The van der Waals surface area contributed by atoms with Gasteiger partial charge in [0.15, 0.2) is 0 Å². The Labute approximate surface area is 119 Å². The van der Waals surface area contributed by atoms with Crippen LogP contribution in [0.4, 0.5) is 0 Å². The zero-order chi connectivity index (χ0) is 14.5. The lowest BCUT2D eigenvalue weighted by molar-refractivity contribution is 0.00235. The Morgan fingerprint density at radius 2 is 1.84 bits per heavy atom. The highest BCUT2D eigenvalue weighted by atomic mass is 16.5. The molecule has 2 unspecified atom stereocenters. The highest BCUT2D eigenvalue weighted by Gasteiger charge is 2.39. The van der Waals surface area contributed by atoms with Crippen LogP contribution in [0, 0.1) is 0 Å². The predicted molar refractivity (Wildman–Crippen MR) is 80.9 cm³/mol. The van der Waals surface area contributed by atoms with Gasteiger partial charge in [0.05, 0.1) is 5.60 Å². The number of nitrogens with one attached hydrogen (secondary N) is 1. The molecule has 0 amide bonds. The van der Waals surface area contributed by atoms with Crippen molar-refractivity contribution in [3.8, 4) is 0 Å². The van der Waals surface area contributed by atoms with Crippen LogP contribution in [0.2, 0.25) is 0 Å². The smallest absolute Gasteiger partial charge is 0.0623 e. The molecule has 0 aromatic carbocycles. The maximum Gasteiger partial charge on any atom is 0.0623 e. The molecule has 0 aliphatic carbocycles. The molecule has 4 heteroatoms. The van der Waals surface area contributed by atoms with E-state index in [4.69, 9.17) is 10.6 Å². The van der Waals surface area contributed by atoms with Crippen molar-refractivity contribution in [2.24, 2.45) is 5.84 Å². The molecule has 2 atom stereocenters. The summed E-state index contributed by atoms with van der Waals surface area (Å²) in [5.41, 5.74) is 3.14. The molecule has 1 rings (SSSR count). The number of hydrogen-bond donors (Lipinski definition) is 2. The van der Waals surface area contributed by atoms with Crippen molar-refractivity contribution in [1.29, 1.82) is 0 Å². The first-order valence-electron chi connectivity index (χ1n) is 7.66. The van der Waals surface area contributed by atoms with Gasteiger partial charge in [0.1, 0.15) is 0 Å². The van der Waals surface area contributed by atoms with Crippen LogP contribution < -0.4 is 11.3 Å². The first-order valence-corrected chi connectivity index (χ1v) is 7.66. The van der Waals surface area contributed by atoms with Crippen molar-refractivity contribution in [2.45, 2.75) is 77.0 Å². The van der Waals surface area contributed by atoms with Crippen molar-refractivity contribution < 1.29 is 4.74 Å². The molecule has 0 aromatic heterocycles. The van der Waals surface area contributed by atoms with E-state index >= 15 is 0 Å². The van der Waals surface area contributed by atoms with Crippen LogP contribution in [0.1, 0.15) is 59.8 Å². The van der Waals surface area contributed by atoms with Gasteiger partial charge >= 0.3 is 0 Å². The lowest BCUT2D eigenvalue weighted by atomic mass is 9.83. The standard InChI is InChI=1S/C15H33N3O/c1-6-15(4,18-11-7-8-12-18)13(17-16)9-10-14(2,3)19-5/h13,17H,6-12,16H2,1-5H3. The molecular formula is C15H33N3O. The van der Waals surface area contributed by atoms with E-state index in [1.54, 1.807) is 7.11 Å². The third kappa shape index (κ3) is 4.15. The summed E-state index contributed by atoms with van der Waals surface area (Å²) < 4.78 is 5.52. The minimum Gasteiger partial charge on any atom is -0.379 e. The van der Waals surface area contributed by atoms with Gasteiger partial charge in [0.25, 0.3) is 0 Å². The minimum absolute atomic E-state index is 0.0746. The van der Waals surface area contributed by atoms with E-state index < -0.39 is 0 Å². The average molecular weight is 271 g/mol. The van der Waals surface area contributed by atoms with Crippen molar-refractivity contribution in [3.63, 3.8) is 0 Å². The van der Waals surface area contributed by atoms with E-state index in [1.165, 1.54) is 25.9 Å². The van der Waals surface area contributed by atoms with Gasteiger partial charge in [-0.15, -0.1) is 0 Å². The fraction of sp³-hybridized carbons (Fsp3) is 1.00. The molecule has 19 heavy (non-hydrogen) atoms. The SMILES string of the molecule is CCC(C)(C(CCC(C)(C)OC)NN)N1CCCC1. The molecule has 4 nitrogen and oxygen atoms in total. The van der Waals surface area contributed by atoms with E-state index in [2.05, 4.69) is 38.0 Å². The minimum atomic E-state index is -0.0746. The maximum atomic E-state index is 5.86. The van der Waals surface area contributed by atoms with E-state index in [1.807, 2.05) is 0 Å². The van der Waals surface area contributed by atoms with Crippen LogP contribution in [0.25, 0.3) is 0 Å². The first kappa shape index (κ1) is 16.9. The molecule has 1 saturated heterocycles. The fourth-order valence-electron chi connectivity index (χ4n) is 3.09. The molecule has 0 bridgehead atoms. The van der Waals surface area contributed by atoms with Gasteiger partial charge in [-0.1, -0.05) is 6.92 Å². The summed E-state index contributed by atoms with van der Waals surface area (Å²) >= 11 is 0. The van der Waals surface area contributed by atoms with Crippen molar-refractivity contribution in [2.75, 3.05) is 20.2 Å². The summed E-state index contributed by atoms with van der Waals surface area (Å²) in [6.07, 6.45) is 5.81. The van der Waals surface area contributed by atoms with Gasteiger partial charge in [-0.05, 0) is 66.0 Å². The largest absolute Gasteiger partial charge is 0.379 e. The summed E-state index contributed by atoms with van der Waals surface area (Å²) in [4.78, 5) is 2.61. The van der Waals surface area contributed by atoms with Crippen LogP contribution in [0.3, 0.4) is 0 Å². The molecule has 0 saturated carbocycles. The van der Waals surface area contributed by atoms with Gasteiger partial charge in [-0.3, -0.25) is 16.2 Å². The van der Waals surface area contributed by atoms with Crippen LogP contribution in [0.15, 0.2) is 0 Å². The molecular weight excluding hydrogens is 238 g/mol. The molecule has 0 aromatic rings. The number of nitrogens with zero attached hydrogens (tertiary/aromatic N) is 1. The second-order valence-corrected chi connectivity index (χ2v) is 6.63. The molecule has 1 aliphatic rings. The summed E-state index contributed by atoms with van der Waals surface area (Å²) in [6.45, 7) is 11.3. The zero-order valence-electron chi connectivity index (χ0n) is 13.5. The summed E-state index contributed by atoms with van der Waals surface area (Å²) in [6, 6.07) is 0.310. The van der Waals surface area contributed by atoms with Crippen LogP contribution in [-0.2, 0) is 4.74 Å². The topological polar surface area (TPSA) is 50.5 Å². The Kier molecular flexibility index (Phi) is 6.24. The monoisotopic (exact) mass is 271 g/mol. The Morgan fingerprint density at radius 3 is 2.26 bits per heavy atom. The van der Waals surface area contributed by atoms with Crippen molar-refractivity contribution >= 4 is 0 Å². The number of hydrogen-bond acceptors (Lipinski definition) is 4. The van der Waals surface area contributed by atoms with Crippen LogP contribution >= 0.6 is 0 Å². The highest BCUT2D eigenvalue weighted by molar-refractivity contribution is 4.97. The highest BCUT2D eigenvalue weighted by Crippen LogP contribution is 2.31. The second kappa shape index (κ2) is 7.02. The van der Waals surface area contributed by atoms with Crippen LogP contribution in [-0.4, -0.2) is 42.3 Å². The van der Waals surface area contributed by atoms with Crippen LogP contribution in [0.5, 0.6) is 0 Å². The third-order valence-corrected chi connectivity index (χ3v) is 5.08. The van der Waals surface area contributed by atoms with E-state index in [-0.39, 0.29) is 11.1 Å². The first-order chi connectivity index (χ1) is 8.89. The number of hydrazine groups is 1. The molecule has 1 fully saturated rings. The fourth-order valence-corrected chi connectivity index (χ4v) is 3.09. The van der Waals surface area contributed by atoms with Gasteiger partial charge in [0, 0.05) is 18.7 Å². The Hall–Kier alpha value is -0.160. The van der Waals surface area contributed by atoms with Crippen molar-refractivity contribution in [1.82, 2.24) is 10.3 Å². The predicted octanol–water partition coefficient (Wildman–Crippen LogP) is 2.29. The number of rotatable bonds is 8. The van der Waals surface area contributed by atoms with E-state index in [0.29, 0.717) is 6.04 Å². The van der Waals surface area contributed by atoms with Gasteiger partial charge in [-0.25, -0.2) is 0 Å². The number of ether oxygens (including phenoxy) is 1. The Bertz CT molecular complexity index is 264. The lowest BCUT2D eigenvalue weighted by Crippen LogP contribution is -2.60. The number of nitrogens with two attached hydrogens (primary N) is 1. The maximum absolute atomic E-state index is 5.86. The number of likely N-dealkylation sites (tertiary alicyclic amines) is 1. The molecule has 3 N–H and O–H groups in total. The van der Waals surface area contributed by atoms with Gasteiger partial charge in [-0.2, -0.15) is 0 Å². The second-order valence-electron chi connectivity index (χ2n) is 6.63. The summed E-state index contributed by atoms with van der Waals surface area (Å²) in [5, 5.41) is 0.